The van der Waals surface area contributed by atoms with Gasteiger partial charge in [0.25, 0.3) is 0 Å². The van der Waals surface area contributed by atoms with E-state index in [9.17, 15) is 5.11 Å². The van der Waals surface area contributed by atoms with Gasteiger partial charge in [-0.3, -0.25) is 0 Å². The van der Waals surface area contributed by atoms with E-state index in [1.807, 2.05) is 36.4 Å². The molecule has 0 amide bonds. The molecule has 1 heterocycles. The third kappa shape index (κ3) is 2.71. The van der Waals surface area contributed by atoms with E-state index in [2.05, 4.69) is 31.9 Å². The van der Waals surface area contributed by atoms with Crippen LogP contribution in [0.2, 0.25) is 0 Å². The predicted molar refractivity (Wildman–Crippen MR) is 83.1 cm³/mol. The summed E-state index contributed by atoms with van der Waals surface area (Å²) in [5.74, 6) is 1.36. The smallest absolute Gasteiger partial charge is 0.231 e. The van der Waals surface area contributed by atoms with E-state index in [0.29, 0.717) is 17.9 Å². The minimum absolute atomic E-state index is 0.220. The average Bonchev–Trinajstić information content (AvgIpc) is 2.90. The van der Waals surface area contributed by atoms with E-state index in [1.54, 1.807) is 0 Å². The number of ether oxygens (including phenoxy) is 2. The minimum atomic E-state index is -0.598. The number of hydrogen-bond donors (Lipinski definition) is 1. The van der Waals surface area contributed by atoms with Gasteiger partial charge >= 0.3 is 0 Å². The van der Waals surface area contributed by atoms with Gasteiger partial charge in [0.05, 0.1) is 10.6 Å². The Morgan fingerprint density at radius 1 is 1.10 bits per heavy atom. The highest BCUT2D eigenvalue weighted by molar-refractivity contribution is 9.10. The molecule has 0 fully saturated rings. The zero-order valence-corrected chi connectivity index (χ0v) is 13.6. The molecule has 0 saturated carbocycles. The van der Waals surface area contributed by atoms with E-state index in [1.165, 1.54) is 0 Å². The molecular formula is C15H12Br2O3. The SMILES string of the molecule is OC(Cc1ccccc1Br)c1cc(Br)c2c(c1)OCO2. The molecule has 1 N–H and O–H groups in total. The van der Waals surface area contributed by atoms with Crippen LogP contribution in [0.3, 0.4) is 0 Å². The van der Waals surface area contributed by atoms with Crippen molar-refractivity contribution in [3.63, 3.8) is 0 Å². The molecule has 0 radical (unpaired) electrons. The van der Waals surface area contributed by atoms with Crippen molar-refractivity contribution >= 4 is 31.9 Å². The summed E-state index contributed by atoms with van der Waals surface area (Å²) >= 11 is 6.94. The summed E-state index contributed by atoms with van der Waals surface area (Å²) in [6.45, 7) is 0.220. The van der Waals surface area contributed by atoms with Crippen LogP contribution in [0.15, 0.2) is 45.3 Å². The Balaban J connectivity index is 1.86. The highest BCUT2D eigenvalue weighted by Crippen LogP contribution is 2.41. The maximum Gasteiger partial charge on any atom is 0.231 e. The van der Waals surface area contributed by atoms with E-state index in [4.69, 9.17) is 9.47 Å². The molecule has 3 rings (SSSR count). The maximum atomic E-state index is 10.4. The van der Waals surface area contributed by atoms with Crippen molar-refractivity contribution in [2.45, 2.75) is 12.5 Å². The largest absolute Gasteiger partial charge is 0.454 e. The van der Waals surface area contributed by atoms with E-state index < -0.39 is 6.10 Å². The third-order valence-corrected chi connectivity index (χ3v) is 4.57. The summed E-state index contributed by atoms with van der Waals surface area (Å²) in [4.78, 5) is 0. The predicted octanol–water partition coefficient (Wildman–Crippen LogP) is 4.22. The lowest BCUT2D eigenvalue weighted by Gasteiger charge is -2.13. The van der Waals surface area contributed by atoms with Crippen molar-refractivity contribution in [3.05, 3.63) is 56.5 Å². The fraction of sp³-hybridized carbons (Fsp3) is 0.200. The fourth-order valence-corrected chi connectivity index (χ4v) is 3.19. The molecular weight excluding hydrogens is 388 g/mol. The normalized spacial score (nSPS) is 14.3. The molecule has 0 aliphatic carbocycles. The number of halogens is 2. The first-order valence-corrected chi connectivity index (χ1v) is 7.74. The number of aliphatic hydroxyl groups is 1. The maximum absolute atomic E-state index is 10.4. The average molecular weight is 400 g/mol. The van der Waals surface area contributed by atoms with Gasteiger partial charge in [-0.1, -0.05) is 34.1 Å². The molecule has 5 heteroatoms. The second-order valence-electron chi connectivity index (χ2n) is 4.55. The minimum Gasteiger partial charge on any atom is -0.454 e. The van der Waals surface area contributed by atoms with Crippen molar-refractivity contribution in [1.82, 2.24) is 0 Å². The van der Waals surface area contributed by atoms with Gasteiger partial charge in [-0.25, -0.2) is 0 Å². The van der Waals surface area contributed by atoms with Crippen LogP contribution >= 0.6 is 31.9 Å². The second-order valence-corrected chi connectivity index (χ2v) is 6.26. The molecule has 104 valence electrons. The van der Waals surface area contributed by atoms with Crippen LogP contribution < -0.4 is 9.47 Å². The molecule has 1 unspecified atom stereocenters. The van der Waals surface area contributed by atoms with Gasteiger partial charge in [-0.2, -0.15) is 0 Å². The van der Waals surface area contributed by atoms with Crippen LogP contribution in [0.5, 0.6) is 11.5 Å². The number of hydrogen-bond acceptors (Lipinski definition) is 3. The van der Waals surface area contributed by atoms with Crippen LogP contribution in [0, 0.1) is 0 Å². The Morgan fingerprint density at radius 3 is 2.70 bits per heavy atom. The molecule has 2 aromatic carbocycles. The summed E-state index contributed by atoms with van der Waals surface area (Å²) in [5.41, 5.74) is 1.87. The van der Waals surface area contributed by atoms with Gasteiger partial charge in [0.15, 0.2) is 11.5 Å². The van der Waals surface area contributed by atoms with Gasteiger partial charge in [0.1, 0.15) is 0 Å². The third-order valence-electron chi connectivity index (χ3n) is 3.21. The number of rotatable bonds is 3. The standard InChI is InChI=1S/C15H12Br2O3/c16-11-4-2-1-3-9(11)6-13(18)10-5-12(17)15-14(7-10)19-8-20-15/h1-5,7,13,18H,6,8H2. The first-order valence-electron chi connectivity index (χ1n) is 6.15. The van der Waals surface area contributed by atoms with Crippen molar-refractivity contribution in [2.24, 2.45) is 0 Å². The zero-order chi connectivity index (χ0) is 14.1. The Labute approximate surface area is 133 Å². The van der Waals surface area contributed by atoms with Gasteiger partial charge in [-0.05, 0) is 45.3 Å². The first kappa shape index (κ1) is 13.9. The topological polar surface area (TPSA) is 38.7 Å². The molecule has 0 bridgehead atoms. The number of benzene rings is 2. The summed E-state index contributed by atoms with van der Waals surface area (Å²) < 4.78 is 12.5. The summed E-state index contributed by atoms with van der Waals surface area (Å²) in [7, 11) is 0. The Bertz CT molecular complexity index is 643. The molecule has 3 nitrogen and oxygen atoms in total. The lowest BCUT2D eigenvalue weighted by Crippen LogP contribution is -2.02. The van der Waals surface area contributed by atoms with Crippen molar-refractivity contribution in [3.8, 4) is 11.5 Å². The molecule has 1 atom stereocenters. The molecule has 0 spiro atoms. The van der Waals surface area contributed by atoms with Gasteiger partial charge in [-0.15, -0.1) is 0 Å². The lowest BCUT2D eigenvalue weighted by atomic mass is 10.0. The molecule has 0 saturated heterocycles. The van der Waals surface area contributed by atoms with Crippen molar-refractivity contribution in [1.29, 1.82) is 0 Å². The van der Waals surface area contributed by atoms with E-state index in [0.717, 1.165) is 20.1 Å². The quantitative estimate of drug-likeness (QED) is 0.839. The van der Waals surface area contributed by atoms with Crippen LogP contribution in [-0.4, -0.2) is 11.9 Å². The van der Waals surface area contributed by atoms with Crippen LogP contribution in [0.25, 0.3) is 0 Å². The van der Waals surface area contributed by atoms with Gasteiger partial charge in [0, 0.05) is 10.9 Å². The van der Waals surface area contributed by atoms with Gasteiger partial charge in [0.2, 0.25) is 6.79 Å². The fourth-order valence-electron chi connectivity index (χ4n) is 2.17. The highest BCUT2D eigenvalue weighted by Gasteiger charge is 2.21. The Morgan fingerprint density at radius 2 is 1.90 bits per heavy atom. The van der Waals surface area contributed by atoms with Gasteiger partial charge < -0.3 is 14.6 Å². The monoisotopic (exact) mass is 398 g/mol. The van der Waals surface area contributed by atoms with E-state index in [-0.39, 0.29) is 6.79 Å². The zero-order valence-electron chi connectivity index (χ0n) is 10.5. The van der Waals surface area contributed by atoms with Crippen molar-refractivity contribution in [2.75, 3.05) is 6.79 Å². The lowest BCUT2D eigenvalue weighted by molar-refractivity contribution is 0.171. The van der Waals surface area contributed by atoms with Crippen molar-refractivity contribution < 1.29 is 14.6 Å². The summed E-state index contributed by atoms with van der Waals surface area (Å²) in [5, 5.41) is 10.4. The molecule has 20 heavy (non-hydrogen) atoms. The first-order chi connectivity index (χ1) is 9.65. The van der Waals surface area contributed by atoms with E-state index >= 15 is 0 Å². The number of aliphatic hydroxyl groups excluding tert-OH is 1. The second kappa shape index (κ2) is 5.76. The van der Waals surface area contributed by atoms with Crippen LogP contribution in [-0.2, 0) is 6.42 Å². The number of fused-ring (bicyclic) bond motifs is 1. The van der Waals surface area contributed by atoms with Crippen LogP contribution in [0.1, 0.15) is 17.2 Å². The molecule has 1 aliphatic rings. The van der Waals surface area contributed by atoms with Crippen LogP contribution in [0.4, 0.5) is 0 Å². The summed E-state index contributed by atoms with van der Waals surface area (Å²) in [6.07, 6.45) is -0.0625. The molecule has 2 aromatic rings. The summed E-state index contributed by atoms with van der Waals surface area (Å²) in [6, 6.07) is 11.6. The highest BCUT2D eigenvalue weighted by atomic mass is 79.9. The molecule has 1 aliphatic heterocycles. The Kier molecular flexibility index (Phi) is 4.01. The Hall–Kier alpha value is -1.04. The molecule has 0 aromatic heterocycles.